The number of piperidine rings is 1. The summed E-state index contributed by atoms with van der Waals surface area (Å²) in [5.41, 5.74) is 8.09. The minimum atomic E-state index is 0.0851. The lowest BCUT2D eigenvalue weighted by atomic mass is 10.0. The molecular weight excluding hydrogens is 240 g/mol. The Morgan fingerprint density at radius 3 is 3.00 bits per heavy atom. The summed E-state index contributed by atoms with van der Waals surface area (Å²) in [5.74, 6) is 0.0851. The second kappa shape index (κ2) is 6.06. The maximum Gasteiger partial charge on any atom is 0.254 e. The van der Waals surface area contributed by atoms with E-state index in [0.29, 0.717) is 18.8 Å². The summed E-state index contributed by atoms with van der Waals surface area (Å²) in [7, 11) is 0. The molecule has 0 bridgehead atoms. The maximum absolute atomic E-state index is 12.5. The van der Waals surface area contributed by atoms with Crippen LogP contribution in [0.3, 0.4) is 0 Å². The fourth-order valence-electron chi connectivity index (χ4n) is 2.59. The van der Waals surface area contributed by atoms with Crippen molar-refractivity contribution < 1.29 is 9.53 Å². The number of nitrogen functional groups attached to an aromatic ring is 1. The predicted octanol–water partition coefficient (Wildman–Crippen LogP) is 2.22. The van der Waals surface area contributed by atoms with Crippen molar-refractivity contribution in [1.29, 1.82) is 0 Å². The molecule has 1 fully saturated rings. The van der Waals surface area contributed by atoms with Gasteiger partial charge >= 0.3 is 0 Å². The highest BCUT2D eigenvalue weighted by Crippen LogP contribution is 2.19. The third kappa shape index (κ3) is 3.26. The van der Waals surface area contributed by atoms with Gasteiger partial charge in [-0.15, -0.1) is 0 Å². The van der Waals surface area contributed by atoms with Gasteiger partial charge in [-0.25, -0.2) is 0 Å². The third-order valence-corrected chi connectivity index (χ3v) is 3.55. The van der Waals surface area contributed by atoms with Crippen molar-refractivity contribution in [2.75, 3.05) is 25.4 Å². The lowest BCUT2D eigenvalue weighted by Crippen LogP contribution is -2.43. The summed E-state index contributed by atoms with van der Waals surface area (Å²) in [6.45, 7) is 6.12. The van der Waals surface area contributed by atoms with E-state index in [-0.39, 0.29) is 12.0 Å². The van der Waals surface area contributed by atoms with Crippen molar-refractivity contribution in [1.82, 2.24) is 4.90 Å². The molecule has 0 radical (unpaired) electrons. The number of anilines is 1. The number of hydrogen-bond acceptors (Lipinski definition) is 3. The molecule has 1 atom stereocenters. The van der Waals surface area contributed by atoms with E-state index in [1.807, 2.05) is 30.9 Å². The highest BCUT2D eigenvalue weighted by molar-refractivity contribution is 5.96. The largest absolute Gasteiger partial charge is 0.399 e. The number of nitrogens with two attached hydrogens (primary N) is 1. The summed E-state index contributed by atoms with van der Waals surface area (Å²) in [6, 6.07) is 5.44. The number of rotatable bonds is 3. The van der Waals surface area contributed by atoms with Crippen LogP contribution in [-0.2, 0) is 4.74 Å². The first-order chi connectivity index (χ1) is 9.11. The zero-order chi connectivity index (χ0) is 13.8. The molecule has 1 aliphatic heterocycles. The number of amides is 1. The molecule has 1 heterocycles. The summed E-state index contributed by atoms with van der Waals surface area (Å²) in [6.07, 6.45) is 2.22. The number of aryl methyl sites for hydroxylation is 1. The minimum Gasteiger partial charge on any atom is -0.399 e. The van der Waals surface area contributed by atoms with Gasteiger partial charge in [0.2, 0.25) is 0 Å². The molecule has 0 spiro atoms. The molecule has 1 amide bonds. The molecule has 4 heteroatoms. The normalized spacial score (nSPS) is 19.5. The SMILES string of the molecule is CCOC1CCCN(C(=O)c2ccc(N)cc2C)C1. The van der Waals surface area contributed by atoms with Crippen LogP contribution in [-0.4, -0.2) is 36.6 Å². The van der Waals surface area contributed by atoms with Crippen LogP contribution in [0.5, 0.6) is 0 Å². The third-order valence-electron chi connectivity index (χ3n) is 3.55. The molecule has 1 saturated heterocycles. The van der Waals surface area contributed by atoms with E-state index in [1.165, 1.54) is 0 Å². The van der Waals surface area contributed by atoms with E-state index >= 15 is 0 Å². The first-order valence-corrected chi connectivity index (χ1v) is 6.88. The molecule has 2 N–H and O–H groups in total. The van der Waals surface area contributed by atoms with Crippen LogP contribution in [0.2, 0.25) is 0 Å². The van der Waals surface area contributed by atoms with Crippen LogP contribution in [0, 0.1) is 6.92 Å². The van der Waals surface area contributed by atoms with Gasteiger partial charge in [0.25, 0.3) is 5.91 Å². The molecule has 19 heavy (non-hydrogen) atoms. The van der Waals surface area contributed by atoms with E-state index in [2.05, 4.69) is 0 Å². The zero-order valence-electron chi connectivity index (χ0n) is 11.7. The Balaban J connectivity index is 2.10. The summed E-state index contributed by atoms with van der Waals surface area (Å²) < 4.78 is 5.63. The van der Waals surface area contributed by atoms with Crippen LogP contribution >= 0.6 is 0 Å². The van der Waals surface area contributed by atoms with Crippen molar-refractivity contribution >= 4 is 11.6 Å². The summed E-state index contributed by atoms with van der Waals surface area (Å²) in [5, 5.41) is 0. The van der Waals surface area contributed by atoms with Crippen LogP contribution < -0.4 is 5.73 Å². The molecular formula is C15H22N2O2. The van der Waals surface area contributed by atoms with E-state index in [9.17, 15) is 4.79 Å². The van der Waals surface area contributed by atoms with E-state index in [1.54, 1.807) is 6.07 Å². The molecule has 0 saturated carbocycles. The van der Waals surface area contributed by atoms with Gasteiger partial charge < -0.3 is 15.4 Å². The Morgan fingerprint density at radius 1 is 1.53 bits per heavy atom. The topological polar surface area (TPSA) is 55.6 Å². The number of carbonyl (C=O) groups is 1. The molecule has 104 valence electrons. The number of hydrogen-bond donors (Lipinski definition) is 1. The quantitative estimate of drug-likeness (QED) is 0.850. The Bertz CT molecular complexity index is 457. The number of nitrogens with zero attached hydrogens (tertiary/aromatic N) is 1. The fraction of sp³-hybridized carbons (Fsp3) is 0.533. The average molecular weight is 262 g/mol. The number of carbonyl (C=O) groups excluding carboxylic acids is 1. The fourth-order valence-corrected chi connectivity index (χ4v) is 2.59. The second-order valence-electron chi connectivity index (χ2n) is 5.05. The lowest BCUT2D eigenvalue weighted by molar-refractivity contribution is 0.00721. The van der Waals surface area contributed by atoms with Gasteiger partial charge in [-0.3, -0.25) is 4.79 Å². The van der Waals surface area contributed by atoms with Gasteiger partial charge in [0, 0.05) is 30.9 Å². The van der Waals surface area contributed by atoms with Gasteiger partial charge in [-0.1, -0.05) is 0 Å². The van der Waals surface area contributed by atoms with E-state index in [0.717, 1.165) is 30.5 Å². The van der Waals surface area contributed by atoms with Gasteiger partial charge in [0.1, 0.15) is 0 Å². The van der Waals surface area contributed by atoms with E-state index < -0.39 is 0 Å². The van der Waals surface area contributed by atoms with Crippen LogP contribution in [0.4, 0.5) is 5.69 Å². The first-order valence-electron chi connectivity index (χ1n) is 6.88. The van der Waals surface area contributed by atoms with Crippen molar-refractivity contribution in [3.05, 3.63) is 29.3 Å². The highest BCUT2D eigenvalue weighted by atomic mass is 16.5. The van der Waals surface area contributed by atoms with Crippen molar-refractivity contribution in [3.8, 4) is 0 Å². The molecule has 0 aromatic heterocycles. The summed E-state index contributed by atoms with van der Waals surface area (Å²) in [4.78, 5) is 14.4. The Kier molecular flexibility index (Phi) is 4.43. The maximum atomic E-state index is 12.5. The molecule has 1 unspecified atom stereocenters. The first kappa shape index (κ1) is 13.9. The highest BCUT2D eigenvalue weighted by Gasteiger charge is 2.25. The average Bonchev–Trinajstić information content (AvgIpc) is 2.39. The second-order valence-corrected chi connectivity index (χ2v) is 5.05. The molecule has 1 aliphatic rings. The smallest absolute Gasteiger partial charge is 0.254 e. The molecule has 1 aromatic rings. The van der Waals surface area contributed by atoms with Crippen molar-refractivity contribution in [2.24, 2.45) is 0 Å². The molecule has 2 rings (SSSR count). The standard InChI is InChI=1S/C15H22N2O2/c1-3-19-13-5-4-8-17(10-13)15(18)14-7-6-12(16)9-11(14)2/h6-7,9,13H,3-5,8,10,16H2,1-2H3. The van der Waals surface area contributed by atoms with Crippen molar-refractivity contribution in [3.63, 3.8) is 0 Å². The van der Waals surface area contributed by atoms with Gasteiger partial charge in [-0.2, -0.15) is 0 Å². The van der Waals surface area contributed by atoms with Crippen molar-refractivity contribution in [2.45, 2.75) is 32.8 Å². The number of ether oxygens (including phenoxy) is 1. The van der Waals surface area contributed by atoms with Crippen LogP contribution in [0.15, 0.2) is 18.2 Å². The van der Waals surface area contributed by atoms with Gasteiger partial charge in [0.05, 0.1) is 6.10 Å². The minimum absolute atomic E-state index is 0.0851. The molecule has 4 nitrogen and oxygen atoms in total. The predicted molar refractivity (Wildman–Crippen MR) is 76.1 cm³/mol. The summed E-state index contributed by atoms with van der Waals surface area (Å²) >= 11 is 0. The molecule has 1 aromatic carbocycles. The Labute approximate surface area is 114 Å². The molecule has 0 aliphatic carbocycles. The lowest BCUT2D eigenvalue weighted by Gasteiger charge is -2.32. The van der Waals surface area contributed by atoms with Gasteiger partial charge in [-0.05, 0) is 50.5 Å². The number of benzene rings is 1. The monoisotopic (exact) mass is 262 g/mol. The Morgan fingerprint density at radius 2 is 2.32 bits per heavy atom. The van der Waals surface area contributed by atoms with Gasteiger partial charge in [0.15, 0.2) is 0 Å². The van der Waals surface area contributed by atoms with Crippen LogP contribution in [0.1, 0.15) is 35.7 Å². The zero-order valence-corrected chi connectivity index (χ0v) is 11.7. The van der Waals surface area contributed by atoms with E-state index in [4.69, 9.17) is 10.5 Å². The number of likely N-dealkylation sites (tertiary alicyclic amines) is 1. The van der Waals surface area contributed by atoms with Crippen LogP contribution in [0.25, 0.3) is 0 Å². The Hall–Kier alpha value is -1.55.